The summed E-state index contributed by atoms with van der Waals surface area (Å²) in [5, 5.41) is 4.57. The van der Waals surface area contributed by atoms with Gasteiger partial charge in [-0.1, -0.05) is 0 Å². The number of aromatic nitrogens is 2. The average Bonchev–Trinajstić information content (AvgIpc) is 3.13. The first-order valence-corrected chi connectivity index (χ1v) is 9.20. The lowest BCUT2D eigenvalue weighted by molar-refractivity contribution is -0.0394. The Morgan fingerprint density at radius 1 is 1.16 bits per heavy atom. The highest BCUT2D eigenvalue weighted by Crippen LogP contribution is 2.34. The predicted molar refractivity (Wildman–Crippen MR) is 101 cm³/mol. The third kappa shape index (κ3) is 3.50. The molecule has 0 saturated carbocycles. The van der Waals surface area contributed by atoms with Crippen molar-refractivity contribution >= 4 is 11.4 Å². The molecule has 1 unspecified atom stereocenters. The van der Waals surface area contributed by atoms with Gasteiger partial charge in [0.2, 0.25) is 0 Å². The van der Waals surface area contributed by atoms with Crippen LogP contribution in [0.1, 0.15) is 25.5 Å². The Bertz CT molecular complexity index is 714. The Hall–Kier alpha value is -2.05. The van der Waals surface area contributed by atoms with Crippen molar-refractivity contribution in [1.82, 2.24) is 14.7 Å². The molecule has 0 amide bonds. The van der Waals surface area contributed by atoms with Crippen LogP contribution in [0.2, 0.25) is 0 Å². The molecule has 6 heteroatoms. The van der Waals surface area contributed by atoms with Crippen molar-refractivity contribution in [3.05, 3.63) is 30.6 Å². The zero-order chi connectivity index (χ0) is 17.2. The van der Waals surface area contributed by atoms with Crippen LogP contribution < -0.4 is 10.6 Å². The summed E-state index contributed by atoms with van der Waals surface area (Å²) in [6.45, 7) is 5.06. The van der Waals surface area contributed by atoms with Gasteiger partial charge in [-0.3, -0.25) is 0 Å². The lowest BCUT2D eigenvalue weighted by Gasteiger charge is -2.35. The Kier molecular flexibility index (Phi) is 4.63. The molecule has 2 aromatic rings. The van der Waals surface area contributed by atoms with Crippen LogP contribution in [0.4, 0.5) is 11.4 Å². The maximum Gasteiger partial charge on any atom is 0.150 e. The van der Waals surface area contributed by atoms with E-state index in [0.29, 0.717) is 0 Å². The molecule has 134 valence electrons. The Morgan fingerprint density at radius 2 is 2.00 bits per heavy atom. The van der Waals surface area contributed by atoms with E-state index in [0.717, 1.165) is 62.4 Å². The smallest absolute Gasteiger partial charge is 0.150 e. The highest BCUT2D eigenvalue weighted by Gasteiger charge is 2.20. The molecule has 2 fully saturated rings. The van der Waals surface area contributed by atoms with Crippen LogP contribution in [0.25, 0.3) is 11.1 Å². The van der Waals surface area contributed by atoms with E-state index in [2.05, 4.69) is 40.3 Å². The van der Waals surface area contributed by atoms with E-state index in [-0.39, 0.29) is 6.23 Å². The summed E-state index contributed by atoms with van der Waals surface area (Å²) in [7, 11) is 2.18. The molecule has 2 N–H and O–H groups in total. The van der Waals surface area contributed by atoms with Crippen LogP contribution in [0, 0.1) is 0 Å². The highest BCUT2D eigenvalue weighted by atomic mass is 16.5. The third-order valence-electron chi connectivity index (χ3n) is 5.23. The molecule has 1 aromatic carbocycles. The third-order valence-corrected chi connectivity index (χ3v) is 5.23. The second-order valence-corrected chi connectivity index (χ2v) is 7.10. The number of nitrogens with zero attached hydrogens (tertiary/aromatic N) is 4. The van der Waals surface area contributed by atoms with Gasteiger partial charge in [-0.15, -0.1) is 0 Å². The number of benzene rings is 1. The van der Waals surface area contributed by atoms with Gasteiger partial charge < -0.3 is 20.3 Å². The van der Waals surface area contributed by atoms with Gasteiger partial charge in [0.25, 0.3) is 0 Å². The predicted octanol–water partition coefficient (Wildman–Crippen LogP) is 2.58. The summed E-state index contributed by atoms with van der Waals surface area (Å²) in [4.78, 5) is 4.81. The van der Waals surface area contributed by atoms with Gasteiger partial charge in [-0.05, 0) is 44.5 Å². The van der Waals surface area contributed by atoms with Gasteiger partial charge in [0.15, 0.2) is 0 Å². The largest absolute Gasteiger partial charge is 0.399 e. The molecule has 2 saturated heterocycles. The van der Waals surface area contributed by atoms with E-state index < -0.39 is 0 Å². The molecule has 0 bridgehead atoms. The van der Waals surface area contributed by atoms with Crippen molar-refractivity contribution in [3.63, 3.8) is 0 Å². The minimum atomic E-state index is 0.0654. The normalized spacial score (nSPS) is 22.3. The molecule has 2 aliphatic rings. The molecule has 0 spiro atoms. The monoisotopic (exact) mass is 341 g/mol. The van der Waals surface area contributed by atoms with Crippen LogP contribution >= 0.6 is 0 Å². The second-order valence-electron chi connectivity index (χ2n) is 7.10. The standard InChI is InChI=1S/C19H27N5O/c1-22-7-9-23(10-8-22)18-6-5-16(20)12-17(18)15-13-21-24(14-15)19-4-2-3-11-25-19/h5-6,12-14,19H,2-4,7-11,20H2,1H3. The van der Waals surface area contributed by atoms with E-state index in [4.69, 9.17) is 10.5 Å². The van der Waals surface area contributed by atoms with E-state index in [1.54, 1.807) is 0 Å². The fourth-order valence-corrected chi connectivity index (χ4v) is 3.67. The lowest BCUT2D eigenvalue weighted by atomic mass is 10.0. The summed E-state index contributed by atoms with van der Waals surface area (Å²) < 4.78 is 7.82. The van der Waals surface area contributed by atoms with E-state index >= 15 is 0 Å². The molecule has 1 aromatic heterocycles. The Labute approximate surface area is 149 Å². The summed E-state index contributed by atoms with van der Waals surface area (Å²) in [6.07, 6.45) is 7.48. The van der Waals surface area contributed by atoms with Crippen LogP contribution in [-0.2, 0) is 4.74 Å². The number of likely N-dealkylation sites (N-methyl/N-ethyl adjacent to an activating group) is 1. The Balaban J connectivity index is 1.63. The molecule has 0 radical (unpaired) electrons. The molecular formula is C19H27N5O. The van der Waals surface area contributed by atoms with Crippen LogP contribution in [0.3, 0.4) is 0 Å². The zero-order valence-electron chi connectivity index (χ0n) is 14.9. The lowest BCUT2D eigenvalue weighted by Crippen LogP contribution is -2.44. The molecule has 1 atom stereocenters. The van der Waals surface area contributed by atoms with Gasteiger partial charge in [-0.2, -0.15) is 5.10 Å². The highest BCUT2D eigenvalue weighted by molar-refractivity contribution is 5.81. The first kappa shape index (κ1) is 16.4. The van der Waals surface area contributed by atoms with Crippen LogP contribution in [0.15, 0.2) is 30.6 Å². The van der Waals surface area contributed by atoms with Crippen molar-refractivity contribution in [3.8, 4) is 11.1 Å². The number of anilines is 2. The van der Waals surface area contributed by atoms with Gasteiger partial charge in [0.05, 0.1) is 6.20 Å². The number of rotatable bonds is 3. The fourth-order valence-electron chi connectivity index (χ4n) is 3.67. The quantitative estimate of drug-likeness (QED) is 0.870. The first-order valence-electron chi connectivity index (χ1n) is 9.20. The molecule has 3 heterocycles. The van der Waals surface area contributed by atoms with Crippen LogP contribution in [0.5, 0.6) is 0 Å². The summed E-state index contributed by atoms with van der Waals surface area (Å²) >= 11 is 0. The molecule has 2 aliphatic heterocycles. The first-order chi connectivity index (χ1) is 12.2. The van der Waals surface area contributed by atoms with Crippen LogP contribution in [-0.4, -0.2) is 54.5 Å². The zero-order valence-corrected chi connectivity index (χ0v) is 14.9. The Morgan fingerprint density at radius 3 is 2.76 bits per heavy atom. The van der Waals surface area contributed by atoms with Gasteiger partial charge in [-0.25, -0.2) is 4.68 Å². The van der Waals surface area contributed by atoms with Gasteiger partial charge >= 0.3 is 0 Å². The number of hydrogen-bond donors (Lipinski definition) is 1. The minimum absolute atomic E-state index is 0.0654. The van der Waals surface area contributed by atoms with Gasteiger partial charge in [0, 0.05) is 61.5 Å². The molecule has 0 aliphatic carbocycles. The van der Waals surface area contributed by atoms with E-state index in [1.165, 1.54) is 12.1 Å². The SMILES string of the molecule is CN1CCN(c2ccc(N)cc2-c2cnn(C3CCCCO3)c2)CC1. The number of ether oxygens (including phenoxy) is 1. The number of nitrogen functional groups attached to an aromatic ring is 1. The number of hydrogen-bond acceptors (Lipinski definition) is 5. The van der Waals surface area contributed by atoms with E-state index in [1.807, 2.05) is 16.9 Å². The van der Waals surface area contributed by atoms with Crippen molar-refractivity contribution in [2.45, 2.75) is 25.5 Å². The molecule has 4 rings (SSSR count). The summed E-state index contributed by atoms with van der Waals surface area (Å²) in [5.41, 5.74) is 10.4. The second kappa shape index (κ2) is 7.06. The minimum Gasteiger partial charge on any atom is -0.399 e. The van der Waals surface area contributed by atoms with Crippen molar-refractivity contribution < 1.29 is 4.74 Å². The van der Waals surface area contributed by atoms with E-state index in [9.17, 15) is 0 Å². The number of nitrogens with two attached hydrogens (primary N) is 1. The van der Waals surface area contributed by atoms with Crippen molar-refractivity contribution in [1.29, 1.82) is 0 Å². The average molecular weight is 341 g/mol. The molecule has 6 nitrogen and oxygen atoms in total. The fraction of sp³-hybridized carbons (Fsp3) is 0.526. The topological polar surface area (TPSA) is 59.5 Å². The molecule has 25 heavy (non-hydrogen) atoms. The summed E-state index contributed by atoms with van der Waals surface area (Å²) in [6, 6.07) is 6.20. The maximum atomic E-state index is 6.09. The maximum absolute atomic E-state index is 6.09. The van der Waals surface area contributed by atoms with Crippen molar-refractivity contribution in [2.24, 2.45) is 0 Å². The van der Waals surface area contributed by atoms with Gasteiger partial charge in [0.1, 0.15) is 6.23 Å². The summed E-state index contributed by atoms with van der Waals surface area (Å²) in [5.74, 6) is 0. The number of piperazine rings is 1. The van der Waals surface area contributed by atoms with Crippen molar-refractivity contribution in [2.75, 3.05) is 50.5 Å². The molecular weight excluding hydrogens is 314 g/mol.